The monoisotopic (exact) mass is 532 g/mol. The van der Waals surface area contributed by atoms with Gasteiger partial charge in [0.25, 0.3) is 0 Å². The van der Waals surface area contributed by atoms with E-state index in [0.29, 0.717) is 31.2 Å². The number of sulfonamides is 1. The first-order chi connectivity index (χ1) is 13.4. The van der Waals surface area contributed by atoms with Crippen LogP contribution in [0.4, 0.5) is 0 Å². The Morgan fingerprint density at radius 3 is 2.28 bits per heavy atom. The Morgan fingerprint density at radius 1 is 1.03 bits per heavy atom. The molecule has 9 heteroatoms. The average Bonchev–Trinajstić information content (AvgIpc) is 2.69. The van der Waals surface area contributed by atoms with E-state index in [1.54, 1.807) is 25.2 Å². The molecule has 0 unspecified atom stereocenters. The molecule has 7 nitrogen and oxygen atoms in total. The van der Waals surface area contributed by atoms with E-state index in [0.717, 1.165) is 5.75 Å². The van der Waals surface area contributed by atoms with Crippen LogP contribution in [0.25, 0.3) is 0 Å². The lowest BCUT2D eigenvalue weighted by Crippen LogP contribution is -2.40. The fourth-order valence-electron chi connectivity index (χ4n) is 2.58. The highest BCUT2D eigenvalue weighted by Gasteiger charge is 2.20. The zero-order chi connectivity index (χ0) is 20.6. The standard InChI is InChI=1S/C20H28N4O3S.HI/c1-21-20(24(4)14-15-27-18-11-6-5-7-12-18)22-16-17-10-8-9-13-19(17)28(25,26)23(2)3;/h5-13H,14-16H2,1-4H3,(H,21,22);1H. The summed E-state index contributed by atoms with van der Waals surface area (Å²) in [7, 11) is 3.15. The van der Waals surface area contributed by atoms with Gasteiger partial charge in [0.15, 0.2) is 5.96 Å². The minimum atomic E-state index is -3.51. The Kier molecular flexibility index (Phi) is 10.4. The molecule has 2 rings (SSSR count). The molecule has 0 radical (unpaired) electrons. The maximum atomic E-state index is 12.5. The molecule has 29 heavy (non-hydrogen) atoms. The molecule has 0 fully saturated rings. The normalized spacial score (nSPS) is 11.7. The fourth-order valence-corrected chi connectivity index (χ4v) is 3.70. The second kappa shape index (κ2) is 12.0. The first kappa shape index (κ1) is 25.2. The first-order valence-corrected chi connectivity index (χ1v) is 10.4. The van der Waals surface area contributed by atoms with Crippen LogP contribution in [0.5, 0.6) is 5.75 Å². The second-order valence-corrected chi connectivity index (χ2v) is 8.50. The lowest BCUT2D eigenvalue weighted by atomic mass is 10.2. The summed E-state index contributed by atoms with van der Waals surface area (Å²) in [5.74, 6) is 1.48. The molecule has 0 aliphatic carbocycles. The number of guanidine groups is 1. The topological polar surface area (TPSA) is 74.2 Å². The van der Waals surface area contributed by atoms with E-state index >= 15 is 0 Å². The van der Waals surface area contributed by atoms with Gasteiger partial charge in [0, 0.05) is 34.7 Å². The molecule has 0 atom stereocenters. The lowest BCUT2D eigenvalue weighted by Gasteiger charge is -2.23. The maximum absolute atomic E-state index is 12.5. The molecule has 0 spiro atoms. The molecule has 0 saturated heterocycles. The molecule has 160 valence electrons. The van der Waals surface area contributed by atoms with Crippen LogP contribution in [-0.2, 0) is 16.6 Å². The van der Waals surface area contributed by atoms with Crippen LogP contribution >= 0.6 is 24.0 Å². The van der Waals surface area contributed by atoms with Crippen LogP contribution in [0, 0.1) is 0 Å². The van der Waals surface area contributed by atoms with Gasteiger partial charge in [-0.1, -0.05) is 36.4 Å². The molecule has 0 aliphatic rings. The Balaban J connectivity index is 0.00000420. The molecular weight excluding hydrogens is 503 g/mol. The average molecular weight is 532 g/mol. The largest absolute Gasteiger partial charge is 0.492 e. The van der Waals surface area contributed by atoms with Crippen molar-refractivity contribution in [3.63, 3.8) is 0 Å². The summed E-state index contributed by atoms with van der Waals surface area (Å²) >= 11 is 0. The lowest BCUT2D eigenvalue weighted by molar-refractivity contribution is 0.281. The molecule has 2 aromatic carbocycles. The van der Waals surface area contributed by atoms with Crippen molar-refractivity contribution in [2.45, 2.75) is 11.4 Å². The van der Waals surface area contributed by atoms with E-state index in [-0.39, 0.29) is 28.9 Å². The van der Waals surface area contributed by atoms with Gasteiger partial charge in [-0.25, -0.2) is 12.7 Å². The molecule has 0 amide bonds. The van der Waals surface area contributed by atoms with Crippen LogP contribution in [0.3, 0.4) is 0 Å². The minimum Gasteiger partial charge on any atom is -0.492 e. The van der Waals surface area contributed by atoms with E-state index in [1.165, 1.54) is 18.4 Å². The van der Waals surface area contributed by atoms with Crippen molar-refractivity contribution in [3.05, 3.63) is 60.2 Å². The summed E-state index contributed by atoms with van der Waals surface area (Å²) in [6.45, 7) is 1.48. The summed E-state index contributed by atoms with van der Waals surface area (Å²) in [4.78, 5) is 6.50. The highest BCUT2D eigenvalue weighted by Crippen LogP contribution is 2.18. The highest BCUT2D eigenvalue weighted by molar-refractivity contribution is 14.0. The van der Waals surface area contributed by atoms with Crippen LogP contribution in [0.2, 0.25) is 0 Å². The van der Waals surface area contributed by atoms with Gasteiger partial charge in [0.05, 0.1) is 11.4 Å². The molecule has 2 aromatic rings. The van der Waals surface area contributed by atoms with Gasteiger partial charge in [0.2, 0.25) is 10.0 Å². The predicted molar refractivity (Wildman–Crippen MR) is 127 cm³/mol. The van der Waals surface area contributed by atoms with Crippen molar-refractivity contribution >= 4 is 40.0 Å². The number of benzene rings is 2. The van der Waals surface area contributed by atoms with Crippen molar-refractivity contribution in [2.24, 2.45) is 4.99 Å². The van der Waals surface area contributed by atoms with Crippen LogP contribution in [-0.4, -0.2) is 64.9 Å². The zero-order valence-electron chi connectivity index (χ0n) is 17.2. The van der Waals surface area contributed by atoms with Gasteiger partial charge in [-0.2, -0.15) is 0 Å². The van der Waals surface area contributed by atoms with Crippen molar-refractivity contribution in [2.75, 3.05) is 41.3 Å². The second-order valence-electron chi connectivity index (χ2n) is 6.38. The molecule has 0 aromatic heterocycles. The summed E-state index contributed by atoms with van der Waals surface area (Å²) in [5, 5.41) is 3.22. The van der Waals surface area contributed by atoms with Crippen LogP contribution in [0.15, 0.2) is 64.5 Å². The number of rotatable bonds is 8. The molecule has 0 aliphatic heterocycles. The number of nitrogens with zero attached hydrogens (tertiary/aromatic N) is 3. The van der Waals surface area contributed by atoms with Crippen molar-refractivity contribution in [3.8, 4) is 5.75 Å². The van der Waals surface area contributed by atoms with E-state index in [1.807, 2.05) is 48.3 Å². The fraction of sp³-hybridized carbons (Fsp3) is 0.350. The van der Waals surface area contributed by atoms with Crippen LogP contribution < -0.4 is 10.1 Å². The van der Waals surface area contributed by atoms with Crippen molar-refractivity contribution < 1.29 is 13.2 Å². The smallest absolute Gasteiger partial charge is 0.242 e. The number of nitrogens with one attached hydrogen (secondary N) is 1. The summed E-state index contributed by atoms with van der Waals surface area (Å²) < 4.78 is 32.0. The van der Waals surface area contributed by atoms with E-state index in [2.05, 4.69) is 10.3 Å². The molecular formula is C20H29IN4O3S. The Labute approximate surface area is 190 Å². The van der Waals surface area contributed by atoms with Crippen LogP contribution in [0.1, 0.15) is 5.56 Å². The van der Waals surface area contributed by atoms with Crippen molar-refractivity contribution in [1.82, 2.24) is 14.5 Å². The maximum Gasteiger partial charge on any atom is 0.242 e. The summed E-state index contributed by atoms with van der Waals surface area (Å²) in [5.41, 5.74) is 0.686. The Hall–Kier alpha value is -1.85. The van der Waals surface area contributed by atoms with E-state index < -0.39 is 10.0 Å². The number of hydrogen-bond acceptors (Lipinski definition) is 4. The third kappa shape index (κ3) is 7.16. The van der Waals surface area contributed by atoms with E-state index in [9.17, 15) is 8.42 Å². The van der Waals surface area contributed by atoms with Gasteiger partial charge >= 0.3 is 0 Å². The number of likely N-dealkylation sites (N-methyl/N-ethyl adjacent to an activating group) is 1. The molecule has 0 saturated carbocycles. The van der Waals surface area contributed by atoms with Gasteiger partial charge < -0.3 is 15.0 Å². The quantitative estimate of drug-likeness (QED) is 0.322. The number of halogens is 1. The predicted octanol–water partition coefficient (Wildman–Crippen LogP) is 2.64. The Bertz CT molecular complexity index is 890. The number of hydrogen-bond donors (Lipinski definition) is 1. The van der Waals surface area contributed by atoms with E-state index in [4.69, 9.17) is 4.74 Å². The third-order valence-electron chi connectivity index (χ3n) is 4.18. The Morgan fingerprint density at radius 2 is 1.66 bits per heavy atom. The number of para-hydroxylation sites is 1. The third-order valence-corrected chi connectivity index (χ3v) is 6.10. The summed E-state index contributed by atoms with van der Waals surface area (Å²) in [6.07, 6.45) is 0. The molecule has 0 bridgehead atoms. The first-order valence-electron chi connectivity index (χ1n) is 8.96. The molecule has 1 N–H and O–H groups in total. The zero-order valence-corrected chi connectivity index (χ0v) is 20.3. The SMILES string of the molecule is CN=C(NCc1ccccc1S(=O)(=O)N(C)C)N(C)CCOc1ccccc1.I. The molecule has 0 heterocycles. The summed E-state index contributed by atoms with van der Waals surface area (Å²) in [6, 6.07) is 16.6. The number of ether oxygens (including phenoxy) is 1. The van der Waals surface area contributed by atoms with Gasteiger partial charge in [-0.3, -0.25) is 4.99 Å². The highest BCUT2D eigenvalue weighted by atomic mass is 127. The minimum absolute atomic E-state index is 0. The number of aliphatic imine (C=N–C) groups is 1. The van der Waals surface area contributed by atoms with Gasteiger partial charge in [0.1, 0.15) is 12.4 Å². The van der Waals surface area contributed by atoms with Crippen molar-refractivity contribution in [1.29, 1.82) is 0 Å². The van der Waals surface area contributed by atoms with Gasteiger partial charge in [-0.05, 0) is 23.8 Å². The van der Waals surface area contributed by atoms with Gasteiger partial charge in [-0.15, -0.1) is 24.0 Å².